The van der Waals surface area contributed by atoms with Crippen molar-refractivity contribution in [2.24, 2.45) is 0 Å². The summed E-state index contributed by atoms with van der Waals surface area (Å²) in [5, 5.41) is 12.4. The highest BCUT2D eigenvalue weighted by atomic mass is 35.5. The lowest BCUT2D eigenvalue weighted by atomic mass is 9.94. The first kappa shape index (κ1) is 27.6. The van der Waals surface area contributed by atoms with Crippen molar-refractivity contribution in [1.29, 1.82) is 0 Å². The topological polar surface area (TPSA) is 90.3 Å². The van der Waals surface area contributed by atoms with Gasteiger partial charge in [-0.15, -0.1) is 5.10 Å². The minimum absolute atomic E-state index is 0.238. The Kier molecular flexibility index (Phi) is 8.62. The van der Waals surface area contributed by atoms with Gasteiger partial charge in [-0.05, 0) is 54.8 Å². The molecule has 1 aromatic heterocycles. The van der Waals surface area contributed by atoms with E-state index < -0.39 is 6.04 Å². The van der Waals surface area contributed by atoms with Gasteiger partial charge in [0.15, 0.2) is 11.5 Å². The third-order valence-electron chi connectivity index (χ3n) is 6.39. The summed E-state index contributed by atoms with van der Waals surface area (Å²) in [5.41, 5.74) is 3.72. The highest BCUT2D eigenvalue weighted by Crippen LogP contribution is 2.40. The smallest absolute Gasteiger partial charge is 0.255 e. The molecule has 2 N–H and O–H groups in total. The van der Waals surface area contributed by atoms with E-state index in [0.717, 1.165) is 17.5 Å². The van der Waals surface area contributed by atoms with Gasteiger partial charge in [-0.3, -0.25) is 4.79 Å². The van der Waals surface area contributed by atoms with Crippen LogP contribution in [0.5, 0.6) is 11.5 Å². The number of rotatable bonds is 10. The third kappa shape index (κ3) is 5.95. The fraction of sp³-hybridized carbons (Fsp3) is 0.233. The van der Waals surface area contributed by atoms with Gasteiger partial charge in [-0.2, -0.15) is 4.98 Å². The normalized spacial score (nSPS) is 14.3. The van der Waals surface area contributed by atoms with E-state index in [1.807, 2.05) is 79.7 Å². The second kappa shape index (κ2) is 12.5. The van der Waals surface area contributed by atoms with Crippen LogP contribution in [0.4, 0.5) is 11.6 Å². The van der Waals surface area contributed by atoms with Gasteiger partial charge in [0.05, 0.1) is 19.3 Å². The van der Waals surface area contributed by atoms with Gasteiger partial charge in [0, 0.05) is 22.2 Å². The predicted molar refractivity (Wildman–Crippen MR) is 159 cm³/mol. The number of nitrogens with one attached hydrogen (secondary N) is 2. The Hall–Kier alpha value is -3.95. The number of thioether (sulfide) groups is 1. The van der Waals surface area contributed by atoms with Crippen LogP contribution < -0.4 is 20.1 Å². The minimum atomic E-state index is -0.559. The molecule has 206 valence electrons. The SMILES string of the molecule is CCCOc1ccc(C2C(C(=O)Nc3ccccc3)=C(C)Nc3nc(SCc4ccccc4Cl)nn32)cc1OC. The van der Waals surface area contributed by atoms with Gasteiger partial charge in [0.1, 0.15) is 6.04 Å². The van der Waals surface area contributed by atoms with E-state index in [0.29, 0.717) is 56.9 Å². The summed E-state index contributed by atoms with van der Waals surface area (Å²) in [7, 11) is 1.61. The number of methoxy groups -OCH3 is 1. The van der Waals surface area contributed by atoms with Gasteiger partial charge >= 0.3 is 0 Å². The van der Waals surface area contributed by atoms with Gasteiger partial charge in [-0.1, -0.05) is 72.8 Å². The molecule has 1 unspecified atom stereocenters. The number of fused-ring (bicyclic) bond motifs is 1. The summed E-state index contributed by atoms with van der Waals surface area (Å²) in [6, 6.07) is 22.2. The molecule has 0 saturated heterocycles. The van der Waals surface area contributed by atoms with E-state index in [4.69, 9.17) is 31.2 Å². The minimum Gasteiger partial charge on any atom is -0.493 e. The van der Waals surface area contributed by atoms with Crippen molar-refractivity contribution in [1.82, 2.24) is 14.8 Å². The number of benzene rings is 3. The average Bonchev–Trinajstić information content (AvgIpc) is 3.37. The number of hydrogen-bond acceptors (Lipinski definition) is 7. The number of anilines is 2. The zero-order valence-corrected chi connectivity index (χ0v) is 24.1. The number of carbonyl (C=O) groups excluding carboxylic acids is 1. The van der Waals surface area contributed by atoms with Crippen molar-refractivity contribution in [2.75, 3.05) is 24.4 Å². The Morgan fingerprint density at radius 2 is 1.88 bits per heavy atom. The highest BCUT2D eigenvalue weighted by molar-refractivity contribution is 7.98. The Morgan fingerprint density at radius 1 is 1.10 bits per heavy atom. The van der Waals surface area contributed by atoms with Crippen LogP contribution in [0.3, 0.4) is 0 Å². The van der Waals surface area contributed by atoms with Gasteiger partial charge in [0.25, 0.3) is 5.91 Å². The third-order valence-corrected chi connectivity index (χ3v) is 7.64. The monoisotopic (exact) mass is 575 g/mol. The summed E-state index contributed by atoms with van der Waals surface area (Å²) in [4.78, 5) is 18.5. The molecule has 1 atom stereocenters. The zero-order valence-electron chi connectivity index (χ0n) is 22.5. The number of ether oxygens (including phenoxy) is 2. The van der Waals surface area contributed by atoms with Crippen LogP contribution in [-0.2, 0) is 10.5 Å². The Labute approximate surface area is 242 Å². The van der Waals surface area contributed by atoms with E-state index in [2.05, 4.69) is 17.6 Å². The maximum Gasteiger partial charge on any atom is 0.255 e. The molecule has 0 bridgehead atoms. The number of amides is 1. The number of allylic oxidation sites excluding steroid dienone is 1. The maximum atomic E-state index is 13.7. The zero-order chi connectivity index (χ0) is 28.1. The Morgan fingerprint density at radius 3 is 2.62 bits per heavy atom. The molecule has 1 amide bonds. The quantitative estimate of drug-likeness (QED) is 0.198. The van der Waals surface area contributed by atoms with Crippen molar-refractivity contribution in [3.63, 3.8) is 0 Å². The number of aromatic nitrogens is 3. The fourth-order valence-electron chi connectivity index (χ4n) is 4.46. The highest BCUT2D eigenvalue weighted by Gasteiger charge is 2.35. The number of carbonyl (C=O) groups is 1. The number of para-hydroxylation sites is 1. The van der Waals surface area contributed by atoms with Crippen molar-refractivity contribution in [3.05, 3.63) is 100 Å². The van der Waals surface area contributed by atoms with Crippen LogP contribution in [-0.4, -0.2) is 34.4 Å². The van der Waals surface area contributed by atoms with Crippen LogP contribution in [0.25, 0.3) is 0 Å². The first-order valence-corrected chi connectivity index (χ1v) is 14.3. The lowest BCUT2D eigenvalue weighted by Crippen LogP contribution is -2.31. The molecule has 2 heterocycles. The van der Waals surface area contributed by atoms with Crippen LogP contribution in [0.1, 0.15) is 37.4 Å². The predicted octanol–water partition coefficient (Wildman–Crippen LogP) is 6.95. The van der Waals surface area contributed by atoms with Gasteiger partial charge in [-0.25, -0.2) is 4.68 Å². The molecule has 8 nitrogen and oxygen atoms in total. The van der Waals surface area contributed by atoms with Crippen molar-refractivity contribution >= 4 is 40.9 Å². The van der Waals surface area contributed by atoms with Crippen molar-refractivity contribution in [2.45, 2.75) is 37.2 Å². The summed E-state index contributed by atoms with van der Waals surface area (Å²) in [6.07, 6.45) is 0.877. The molecule has 0 spiro atoms. The largest absolute Gasteiger partial charge is 0.493 e. The number of hydrogen-bond donors (Lipinski definition) is 2. The molecule has 3 aromatic carbocycles. The molecular weight excluding hydrogens is 546 g/mol. The Bertz CT molecular complexity index is 1540. The van der Waals surface area contributed by atoms with Crippen LogP contribution in [0, 0.1) is 0 Å². The van der Waals surface area contributed by atoms with E-state index in [-0.39, 0.29) is 5.91 Å². The van der Waals surface area contributed by atoms with E-state index in [9.17, 15) is 4.79 Å². The lowest BCUT2D eigenvalue weighted by Gasteiger charge is -2.29. The van der Waals surface area contributed by atoms with Crippen LogP contribution >= 0.6 is 23.4 Å². The molecule has 0 radical (unpaired) electrons. The standard InChI is InChI=1S/C30H30ClN5O3S/c1-4-16-39-24-15-14-20(17-25(24)38-3)27-26(28(37)33-22-11-6-5-7-12-22)19(2)32-29-34-30(35-36(27)29)40-18-21-10-8-9-13-23(21)31/h5-15,17,27H,4,16,18H2,1-3H3,(H,33,37)(H,32,34,35). The summed E-state index contributed by atoms with van der Waals surface area (Å²) < 4.78 is 13.3. The molecule has 40 heavy (non-hydrogen) atoms. The fourth-order valence-corrected chi connectivity index (χ4v) is 5.57. The molecule has 0 aliphatic carbocycles. The number of halogens is 1. The summed E-state index contributed by atoms with van der Waals surface area (Å²) >= 11 is 7.84. The average molecular weight is 576 g/mol. The second-order valence-corrected chi connectivity index (χ2v) is 10.5. The first-order valence-electron chi connectivity index (χ1n) is 13.0. The first-order chi connectivity index (χ1) is 19.5. The molecule has 10 heteroatoms. The van der Waals surface area contributed by atoms with Gasteiger partial charge < -0.3 is 20.1 Å². The Balaban J connectivity index is 1.53. The lowest BCUT2D eigenvalue weighted by molar-refractivity contribution is -0.113. The van der Waals surface area contributed by atoms with E-state index in [1.54, 1.807) is 11.8 Å². The maximum absolute atomic E-state index is 13.7. The molecule has 0 fully saturated rings. The second-order valence-electron chi connectivity index (χ2n) is 9.19. The van der Waals surface area contributed by atoms with Crippen LogP contribution in [0.2, 0.25) is 5.02 Å². The van der Waals surface area contributed by atoms with Crippen LogP contribution in [0.15, 0.2) is 89.2 Å². The summed E-state index contributed by atoms with van der Waals surface area (Å²) in [5.74, 6) is 2.15. The van der Waals surface area contributed by atoms with Crippen molar-refractivity contribution < 1.29 is 14.3 Å². The van der Waals surface area contributed by atoms with Crippen molar-refractivity contribution in [3.8, 4) is 11.5 Å². The van der Waals surface area contributed by atoms with Gasteiger partial charge in [0.2, 0.25) is 11.1 Å². The van der Waals surface area contributed by atoms with E-state index >= 15 is 0 Å². The molecule has 0 saturated carbocycles. The molecule has 1 aliphatic heterocycles. The molecule has 4 aromatic rings. The number of nitrogens with zero attached hydrogens (tertiary/aromatic N) is 3. The molecular formula is C30H30ClN5O3S. The molecule has 1 aliphatic rings. The summed E-state index contributed by atoms with van der Waals surface area (Å²) in [6.45, 7) is 4.50. The van der Waals surface area contributed by atoms with E-state index in [1.165, 1.54) is 11.8 Å². The molecule has 5 rings (SSSR count).